The van der Waals surface area contributed by atoms with Crippen molar-refractivity contribution in [2.45, 2.75) is 6.61 Å². The number of esters is 1. The van der Waals surface area contributed by atoms with Crippen LogP contribution in [-0.2, 0) is 16.1 Å². The third kappa shape index (κ3) is 3.78. The average Bonchev–Trinajstić information content (AvgIpc) is 2.95. The van der Waals surface area contributed by atoms with Gasteiger partial charge in [-0.2, -0.15) is 0 Å². The van der Waals surface area contributed by atoms with E-state index in [2.05, 4.69) is 4.98 Å². The highest BCUT2D eigenvalue weighted by Gasteiger charge is 2.11. The van der Waals surface area contributed by atoms with Gasteiger partial charge in [-0.15, -0.1) is 0 Å². The average molecular weight is 336 g/mol. The van der Waals surface area contributed by atoms with Gasteiger partial charge in [0.05, 0.1) is 5.02 Å². The second-order valence-electron chi connectivity index (χ2n) is 4.60. The zero-order valence-electron chi connectivity index (χ0n) is 11.8. The van der Waals surface area contributed by atoms with Gasteiger partial charge in [-0.25, -0.2) is 14.2 Å². The van der Waals surface area contributed by atoms with Crippen LogP contribution in [0.3, 0.4) is 0 Å². The quantitative estimate of drug-likeness (QED) is 0.665. The van der Waals surface area contributed by atoms with Gasteiger partial charge in [-0.3, -0.25) is 0 Å². The third-order valence-corrected chi connectivity index (χ3v) is 3.23. The van der Waals surface area contributed by atoms with Crippen molar-refractivity contribution < 1.29 is 23.1 Å². The van der Waals surface area contributed by atoms with Gasteiger partial charge < -0.3 is 13.9 Å². The highest BCUT2D eigenvalue weighted by atomic mass is 35.5. The van der Waals surface area contributed by atoms with Crippen LogP contribution in [0.15, 0.2) is 46.9 Å². The Kier molecular flexibility index (Phi) is 4.43. The van der Waals surface area contributed by atoms with Gasteiger partial charge in [0.2, 0.25) is 5.89 Å². The minimum atomic E-state index is -0.618. The highest BCUT2D eigenvalue weighted by Crippen LogP contribution is 2.24. The number of carbonyl (C=O) groups is 1. The SMILES string of the molecule is O=C(COc1ccc(F)cc1Cl)OCc1nc2ccccc2o1. The second-order valence-corrected chi connectivity index (χ2v) is 5.01. The fourth-order valence-electron chi connectivity index (χ4n) is 1.89. The first-order valence-corrected chi connectivity index (χ1v) is 7.07. The van der Waals surface area contributed by atoms with Crippen LogP contribution >= 0.6 is 11.6 Å². The summed E-state index contributed by atoms with van der Waals surface area (Å²) >= 11 is 5.79. The topological polar surface area (TPSA) is 61.6 Å². The summed E-state index contributed by atoms with van der Waals surface area (Å²) in [5, 5.41) is 0.0803. The fourth-order valence-corrected chi connectivity index (χ4v) is 2.12. The summed E-state index contributed by atoms with van der Waals surface area (Å²) in [5.41, 5.74) is 1.31. The molecule has 0 aliphatic heterocycles. The summed E-state index contributed by atoms with van der Waals surface area (Å²) in [6.07, 6.45) is 0. The number of rotatable bonds is 5. The van der Waals surface area contributed by atoms with E-state index in [0.717, 1.165) is 6.07 Å². The van der Waals surface area contributed by atoms with Gasteiger partial charge in [0.25, 0.3) is 0 Å². The third-order valence-electron chi connectivity index (χ3n) is 2.93. The number of hydrogen-bond donors (Lipinski definition) is 0. The summed E-state index contributed by atoms with van der Waals surface area (Å²) in [7, 11) is 0. The van der Waals surface area contributed by atoms with Crippen LogP contribution in [-0.4, -0.2) is 17.6 Å². The first kappa shape index (κ1) is 15.3. The Morgan fingerprint density at radius 3 is 2.87 bits per heavy atom. The van der Waals surface area contributed by atoms with Crippen molar-refractivity contribution in [3.63, 3.8) is 0 Å². The number of ether oxygens (including phenoxy) is 2. The lowest BCUT2D eigenvalue weighted by Crippen LogP contribution is -2.15. The summed E-state index contributed by atoms with van der Waals surface area (Å²) < 4.78 is 28.5. The smallest absolute Gasteiger partial charge is 0.344 e. The number of carbonyl (C=O) groups excluding carboxylic acids is 1. The molecule has 0 amide bonds. The van der Waals surface area contributed by atoms with Crippen LogP contribution in [0.4, 0.5) is 4.39 Å². The van der Waals surface area contributed by atoms with Crippen LogP contribution in [0.25, 0.3) is 11.1 Å². The van der Waals surface area contributed by atoms with Crippen LogP contribution in [0.1, 0.15) is 5.89 Å². The Morgan fingerprint density at radius 1 is 1.26 bits per heavy atom. The van der Waals surface area contributed by atoms with Gasteiger partial charge >= 0.3 is 5.97 Å². The molecule has 118 valence electrons. The zero-order chi connectivity index (χ0) is 16.2. The molecule has 0 aliphatic carbocycles. The van der Waals surface area contributed by atoms with E-state index in [1.165, 1.54) is 12.1 Å². The van der Waals surface area contributed by atoms with E-state index in [0.29, 0.717) is 17.0 Å². The normalized spacial score (nSPS) is 10.7. The molecule has 0 bridgehead atoms. The molecule has 0 N–H and O–H groups in total. The molecule has 23 heavy (non-hydrogen) atoms. The number of para-hydroxylation sites is 2. The molecule has 0 spiro atoms. The van der Waals surface area contributed by atoms with Gasteiger partial charge in [0, 0.05) is 0 Å². The van der Waals surface area contributed by atoms with E-state index in [-0.39, 0.29) is 24.0 Å². The maximum Gasteiger partial charge on any atom is 0.344 e. The van der Waals surface area contributed by atoms with Gasteiger partial charge in [0.15, 0.2) is 18.8 Å². The summed E-state index contributed by atoms with van der Waals surface area (Å²) in [4.78, 5) is 15.8. The molecule has 1 aromatic heterocycles. The number of benzene rings is 2. The number of nitrogens with zero attached hydrogens (tertiary/aromatic N) is 1. The van der Waals surface area contributed by atoms with Crippen molar-refractivity contribution in [3.8, 4) is 5.75 Å². The molecule has 0 saturated heterocycles. The standard InChI is InChI=1S/C16H11ClFNO4/c17-11-7-10(18)5-6-13(11)21-9-16(20)22-8-15-19-12-3-1-2-4-14(12)23-15/h1-7H,8-9H2. The Hall–Kier alpha value is -2.60. The molecule has 3 rings (SSSR count). The summed E-state index contributed by atoms with van der Waals surface area (Å²) in [5.74, 6) is -0.611. The minimum Gasteiger partial charge on any atom is -0.480 e. The molecule has 0 unspecified atom stereocenters. The van der Waals surface area contributed by atoms with Crippen molar-refractivity contribution in [2.24, 2.45) is 0 Å². The Bertz CT molecular complexity index is 816. The Morgan fingerprint density at radius 2 is 2.09 bits per heavy atom. The van der Waals surface area contributed by atoms with Crippen molar-refractivity contribution in [1.29, 1.82) is 0 Å². The first-order chi connectivity index (χ1) is 11.1. The molecule has 0 atom stereocenters. The first-order valence-electron chi connectivity index (χ1n) is 6.70. The van der Waals surface area contributed by atoms with Gasteiger partial charge in [-0.1, -0.05) is 23.7 Å². The molecule has 0 saturated carbocycles. The lowest BCUT2D eigenvalue weighted by molar-refractivity contribution is -0.148. The van der Waals surface area contributed by atoms with E-state index < -0.39 is 11.8 Å². The van der Waals surface area contributed by atoms with Crippen molar-refractivity contribution in [1.82, 2.24) is 4.98 Å². The molecule has 5 nitrogen and oxygen atoms in total. The summed E-state index contributed by atoms with van der Waals surface area (Å²) in [6.45, 7) is -0.459. The maximum atomic E-state index is 12.9. The van der Waals surface area contributed by atoms with Crippen LogP contribution in [0, 0.1) is 5.82 Å². The predicted octanol–water partition coefficient (Wildman–Crippen LogP) is 3.74. The zero-order valence-corrected chi connectivity index (χ0v) is 12.5. The molecule has 3 aromatic rings. The van der Waals surface area contributed by atoms with E-state index in [1.54, 1.807) is 12.1 Å². The fraction of sp³-hybridized carbons (Fsp3) is 0.125. The van der Waals surface area contributed by atoms with Crippen LogP contribution in [0.5, 0.6) is 5.75 Å². The van der Waals surface area contributed by atoms with E-state index in [9.17, 15) is 9.18 Å². The lowest BCUT2D eigenvalue weighted by atomic mass is 10.3. The Balaban J connectivity index is 1.53. The summed E-state index contributed by atoms with van der Waals surface area (Å²) in [6, 6.07) is 10.8. The number of halogens is 2. The Labute approximate surface area is 135 Å². The van der Waals surface area contributed by atoms with Crippen LogP contribution < -0.4 is 4.74 Å². The number of oxazole rings is 1. The molecule has 0 aliphatic rings. The molecular formula is C16H11ClFNO4. The van der Waals surface area contributed by atoms with E-state index in [1.807, 2.05) is 12.1 Å². The monoisotopic (exact) mass is 335 g/mol. The number of hydrogen-bond acceptors (Lipinski definition) is 5. The maximum absolute atomic E-state index is 12.9. The molecule has 2 aromatic carbocycles. The van der Waals surface area contributed by atoms with E-state index in [4.69, 9.17) is 25.5 Å². The lowest BCUT2D eigenvalue weighted by Gasteiger charge is -2.07. The number of fused-ring (bicyclic) bond motifs is 1. The molecule has 1 heterocycles. The van der Waals surface area contributed by atoms with Crippen LogP contribution in [0.2, 0.25) is 5.02 Å². The number of aromatic nitrogens is 1. The second kappa shape index (κ2) is 6.66. The minimum absolute atomic E-state index is 0.0803. The van der Waals surface area contributed by atoms with Crippen molar-refractivity contribution >= 4 is 28.7 Å². The molecule has 7 heteroatoms. The largest absolute Gasteiger partial charge is 0.480 e. The van der Waals surface area contributed by atoms with Gasteiger partial charge in [-0.05, 0) is 30.3 Å². The molecule has 0 radical (unpaired) electrons. The predicted molar refractivity (Wildman–Crippen MR) is 80.7 cm³/mol. The van der Waals surface area contributed by atoms with Gasteiger partial charge in [0.1, 0.15) is 17.1 Å². The molecular weight excluding hydrogens is 325 g/mol. The van der Waals surface area contributed by atoms with Crippen molar-refractivity contribution in [3.05, 3.63) is 59.2 Å². The highest BCUT2D eigenvalue weighted by molar-refractivity contribution is 6.32. The van der Waals surface area contributed by atoms with Crippen molar-refractivity contribution in [2.75, 3.05) is 6.61 Å². The molecule has 0 fully saturated rings. The van der Waals surface area contributed by atoms with E-state index >= 15 is 0 Å².